The van der Waals surface area contributed by atoms with E-state index in [1.165, 1.54) is 6.42 Å². The van der Waals surface area contributed by atoms with Crippen molar-refractivity contribution in [2.24, 2.45) is 5.92 Å². The highest BCUT2D eigenvalue weighted by atomic mass is 16.4. The van der Waals surface area contributed by atoms with E-state index in [9.17, 15) is 9.90 Å². The van der Waals surface area contributed by atoms with Crippen LogP contribution in [0.15, 0.2) is 24.3 Å². The fourth-order valence-corrected chi connectivity index (χ4v) is 1.88. The highest BCUT2D eigenvalue weighted by molar-refractivity contribution is 5.87. The normalized spacial score (nSPS) is 18.2. The van der Waals surface area contributed by atoms with Crippen molar-refractivity contribution in [3.63, 3.8) is 0 Å². The Morgan fingerprint density at radius 1 is 1.40 bits per heavy atom. The van der Waals surface area contributed by atoms with Crippen LogP contribution in [0.4, 0.5) is 0 Å². The van der Waals surface area contributed by atoms with Gasteiger partial charge in [0.2, 0.25) is 0 Å². The second-order valence-electron chi connectivity index (χ2n) is 4.07. The molecule has 1 aromatic rings. The Hall–Kier alpha value is -1.35. The minimum absolute atomic E-state index is 0.242. The molecule has 1 aromatic carbocycles. The molecule has 1 unspecified atom stereocenters. The number of hydrogen-bond donors (Lipinski definition) is 2. The van der Waals surface area contributed by atoms with Gasteiger partial charge in [-0.1, -0.05) is 18.6 Å². The van der Waals surface area contributed by atoms with E-state index in [4.69, 9.17) is 5.11 Å². The molecule has 80 valence electrons. The van der Waals surface area contributed by atoms with Gasteiger partial charge in [0, 0.05) is 0 Å². The van der Waals surface area contributed by atoms with Crippen LogP contribution < -0.4 is 0 Å². The third kappa shape index (κ3) is 2.02. The minimum atomic E-state index is -0.947. The maximum Gasteiger partial charge on any atom is 0.335 e. The molecule has 1 aliphatic rings. The largest absolute Gasteiger partial charge is 0.478 e. The van der Waals surface area contributed by atoms with Crippen LogP contribution in [0.25, 0.3) is 0 Å². The summed E-state index contributed by atoms with van der Waals surface area (Å²) in [6.45, 7) is 0. The van der Waals surface area contributed by atoms with Crippen LogP contribution in [0, 0.1) is 5.92 Å². The number of rotatable bonds is 3. The van der Waals surface area contributed by atoms with Gasteiger partial charge in [-0.3, -0.25) is 0 Å². The first-order chi connectivity index (χ1) is 7.18. The zero-order valence-electron chi connectivity index (χ0n) is 8.39. The summed E-state index contributed by atoms with van der Waals surface area (Å²) in [7, 11) is 0. The maximum absolute atomic E-state index is 10.7. The summed E-state index contributed by atoms with van der Waals surface area (Å²) >= 11 is 0. The number of aliphatic hydroxyl groups is 1. The molecule has 0 bridgehead atoms. The number of benzene rings is 1. The summed E-state index contributed by atoms with van der Waals surface area (Å²) in [5, 5.41) is 18.8. The van der Waals surface area contributed by atoms with Crippen molar-refractivity contribution in [1.29, 1.82) is 0 Å². The fraction of sp³-hybridized carbons (Fsp3) is 0.417. The summed E-state index contributed by atoms with van der Waals surface area (Å²) in [4.78, 5) is 10.7. The lowest BCUT2D eigenvalue weighted by Gasteiger charge is -2.30. The number of aliphatic hydroxyl groups excluding tert-OH is 1. The van der Waals surface area contributed by atoms with E-state index in [-0.39, 0.29) is 5.56 Å². The summed E-state index contributed by atoms with van der Waals surface area (Å²) < 4.78 is 0. The molecule has 1 aliphatic carbocycles. The molecule has 15 heavy (non-hydrogen) atoms. The number of aromatic carboxylic acids is 1. The first kappa shape index (κ1) is 10.2. The topological polar surface area (TPSA) is 57.5 Å². The highest BCUT2D eigenvalue weighted by Gasteiger charge is 2.26. The second kappa shape index (κ2) is 4.03. The van der Waals surface area contributed by atoms with E-state index in [1.807, 2.05) is 0 Å². The van der Waals surface area contributed by atoms with E-state index >= 15 is 0 Å². The Balaban J connectivity index is 2.19. The average molecular weight is 206 g/mol. The van der Waals surface area contributed by atoms with Crippen molar-refractivity contribution < 1.29 is 15.0 Å². The lowest BCUT2D eigenvalue weighted by molar-refractivity contribution is 0.0616. The molecule has 2 N–H and O–H groups in total. The van der Waals surface area contributed by atoms with Crippen LogP contribution in [0.2, 0.25) is 0 Å². The van der Waals surface area contributed by atoms with Crippen LogP contribution in [0.1, 0.15) is 41.3 Å². The Kier molecular flexibility index (Phi) is 2.73. The first-order valence-electron chi connectivity index (χ1n) is 5.20. The molecule has 3 nitrogen and oxygen atoms in total. The molecule has 0 amide bonds. The number of carboxylic acids is 1. The zero-order valence-corrected chi connectivity index (χ0v) is 8.39. The standard InChI is InChI=1S/C12H14O3/c13-11(8-3-1-4-8)9-5-2-6-10(7-9)12(14)15/h2,5-8,11,13H,1,3-4H2,(H,14,15). The van der Waals surface area contributed by atoms with Gasteiger partial charge in [0.05, 0.1) is 11.7 Å². The van der Waals surface area contributed by atoms with Crippen molar-refractivity contribution in [3.8, 4) is 0 Å². The van der Waals surface area contributed by atoms with Crippen LogP contribution in [0.3, 0.4) is 0 Å². The fourth-order valence-electron chi connectivity index (χ4n) is 1.88. The van der Waals surface area contributed by atoms with E-state index in [1.54, 1.807) is 24.3 Å². The molecule has 0 spiro atoms. The van der Waals surface area contributed by atoms with Crippen LogP contribution >= 0.6 is 0 Å². The van der Waals surface area contributed by atoms with Crippen molar-refractivity contribution in [2.45, 2.75) is 25.4 Å². The molecule has 1 atom stereocenters. The predicted octanol–water partition coefficient (Wildman–Crippen LogP) is 2.22. The monoisotopic (exact) mass is 206 g/mol. The second-order valence-corrected chi connectivity index (χ2v) is 4.07. The smallest absolute Gasteiger partial charge is 0.335 e. The van der Waals surface area contributed by atoms with Crippen LogP contribution in [-0.4, -0.2) is 16.2 Å². The molecule has 0 radical (unpaired) electrons. The van der Waals surface area contributed by atoms with Gasteiger partial charge in [-0.05, 0) is 36.5 Å². The molecule has 0 aromatic heterocycles. The van der Waals surface area contributed by atoms with Crippen LogP contribution in [-0.2, 0) is 0 Å². The van der Waals surface area contributed by atoms with E-state index < -0.39 is 12.1 Å². The Morgan fingerprint density at radius 3 is 2.67 bits per heavy atom. The van der Waals surface area contributed by atoms with Gasteiger partial charge in [0.1, 0.15) is 0 Å². The van der Waals surface area contributed by atoms with Crippen molar-refractivity contribution in [1.82, 2.24) is 0 Å². The zero-order chi connectivity index (χ0) is 10.8. The molecule has 0 heterocycles. The van der Waals surface area contributed by atoms with Gasteiger partial charge < -0.3 is 10.2 Å². The van der Waals surface area contributed by atoms with Gasteiger partial charge in [0.25, 0.3) is 0 Å². The summed E-state index contributed by atoms with van der Waals surface area (Å²) in [5.74, 6) is -0.633. The molecule has 1 saturated carbocycles. The average Bonchev–Trinajstić information content (AvgIpc) is 2.15. The van der Waals surface area contributed by atoms with Gasteiger partial charge in [0.15, 0.2) is 0 Å². The van der Waals surface area contributed by atoms with E-state index in [0.717, 1.165) is 18.4 Å². The third-order valence-corrected chi connectivity index (χ3v) is 3.07. The molecule has 2 rings (SSSR count). The summed E-state index contributed by atoms with van der Waals surface area (Å²) in [6.07, 6.45) is 2.75. The third-order valence-electron chi connectivity index (χ3n) is 3.07. The van der Waals surface area contributed by atoms with Gasteiger partial charge >= 0.3 is 5.97 Å². The number of carbonyl (C=O) groups is 1. The summed E-state index contributed by atoms with van der Waals surface area (Å²) in [5.41, 5.74) is 0.963. The first-order valence-corrected chi connectivity index (χ1v) is 5.20. The van der Waals surface area contributed by atoms with Gasteiger partial charge in [-0.15, -0.1) is 0 Å². The van der Waals surface area contributed by atoms with Crippen LogP contribution in [0.5, 0.6) is 0 Å². The van der Waals surface area contributed by atoms with Crippen molar-refractivity contribution >= 4 is 5.97 Å². The summed E-state index contributed by atoms with van der Waals surface area (Å²) in [6, 6.07) is 6.57. The van der Waals surface area contributed by atoms with E-state index in [0.29, 0.717) is 5.92 Å². The molecular weight excluding hydrogens is 192 g/mol. The minimum Gasteiger partial charge on any atom is -0.478 e. The highest BCUT2D eigenvalue weighted by Crippen LogP contribution is 2.37. The molecule has 3 heteroatoms. The molecule has 0 aliphatic heterocycles. The SMILES string of the molecule is O=C(O)c1cccc(C(O)C2CCC2)c1. The lowest BCUT2D eigenvalue weighted by atomic mass is 9.78. The molecular formula is C12H14O3. The van der Waals surface area contributed by atoms with Crippen molar-refractivity contribution in [3.05, 3.63) is 35.4 Å². The lowest BCUT2D eigenvalue weighted by Crippen LogP contribution is -2.20. The molecule has 0 saturated heterocycles. The number of hydrogen-bond acceptors (Lipinski definition) is 2. The Bertz CT molecular complexity index is 369. The maximum atomic E-state index is 10.7. The predicted molar refractivity (Wildman–Crippen MR) is 55.7 cm³/mol. The van der Waals surface area contributed by atoms with Crippen molar-refractivity contribution in [2.75, 3.05) is 0 Å². The Morgan fingerprint density at radius 2 is 2.13 bits per heavy atom. The Labute approximate surface area is 88.4 Å². The quantitative estimate of drug-likeness (QED) is 0.797. The number of carboxylic acid groups (broad SMARTS) is 1. The van der Waals surface area contributed by atoms with Gasteiger partial charge in [-0.2, -0.15) is 0 Å². The van der Waals surface area contributed by atoms with Gasteiger partial charge in [-0.25, -0.2) is 4.79 Å². The van der Waals surface area contributed by atoms with E-state index in [2.05, 4.69) is 0 Å². The molecule has 1 fully saturated rings.